The van der Waals surface area contributed by atoms with Crippen LogP contribution in [0.3, 0.4) is 0 Å². The Hall–Kier alpha value is -1.30. The summed E-state index contributed by atoms with van der Waals surface area (Å²) in [6.07, 6.45) is 2.19. The van der Waals surface area contributed by atoms with E-state index in [0.717, 1.165) is 19.4 Å². The summed E-state index contributed by atoms with van der Waals surface area (Å²) < 4.78 is 5.28. The number of carbonyl (C=O) groups excluding carboxylic acids is 1. The lowest BCUT2D eigenvalue weighted by Gasteiger charge is -2.48. The molecule has 18 heavy (non-hydrogen) atoms. The van der Waals surface area contributed by atoms with E-state index in [0.29, 0.717) is 19.1 Å². The van der Waals surface area contributed by atoms with Crippen LogP contribution in [0, 0.1) is 0 Å². The van der Waals surface area contributed by atoms with Crippen molar-refractivity contribution in [1.29, 1.82) is 0 Å². The SMILES string of the molecule is CCN(C(=O)N1CC(C)(OCC(=O)O)C1)C1CC1. The Kier molecular flexibility index (Phi) is 3.47. The minimum Gasteiger partial charge on any atom is -0.480 e. The molecule has 1 heterocycles. The zero-order valence-electron chi connectivity index (χ0n) is 10.9. The highest BCUT2D eigenvalue weighted by Gasteiger charge is 2.45. The van der Waals surface area contributed by atoms with Gasteiger partial charge in [-0.05, 0) is 26.7 Å². The van der Waals surface area contributed by atoms with Crippen LogP contribution in [0.15, 0.2) is 0 Å². The molecule has 2 amide bonds. The lowest BCUT2D eigenvalue weighted by atomic mass is 9.97. The van der Waals surface area contributed by atoms with Gasteiger partial charge in [-0.2, -0.15) is 0 Å². The fourth-order valence-electron chi connectivity index (χ4n) is 2.34. The number of amides is 2. The van der Waals surface area contributed by atoms with E-state index in [-0.39, 0.29) is 12.6 Å². The molecule has 0 radical (unpaired) electrons. The highest BCUT2D eigenvalue weighted by atomic mass is 16.5. The summed E-state index contributed by atoms with van der Waals surface area (Å²) in [4.78, 5) is 26.2. The average Bonchev–Trinajstić information content (AvgIpc) is 3.07. The fourth-order valence-corrected chi connectivity index (χ4v) is 2.34. The maximum Gasteiger partial charge on any atom is 0.329 e. The second kappa shape index (κ2) is 4.76. The number of hydrogen-bond acceptors (Lipinski definition) is 3. The van der Waals surface area contributed by atoms with Crippen molar-refractivity contribution >= 4 is 12.0 Å². The number of urea groups is 1. The molecule has 1 aliphatic heterocycles. The van der Waals surface area contributed by atoms with Gasteiger partial charge in [-0.3, -0.25) is 0 Å². The van der Waals surface area contributed by atoms with Crippen molar-refractivity contribution in [3.8, 4) is 0 Å². The highest BCUT2D eigenvalue weighted by Crippen LogP contribution is 2.31. The van der Waals surface area contributed by atoms with Gasteiger partial charge in [0, 0.05) is 12.6 Å². The van der Waals surface area contributed by atoms with Gasteiger partial charge in [0.2, 0.25) is 0 Å². The van der Waals surface area contributed by atoms with E-state index in [2.05, 4.69) is 0 Å². The van der Waals surface area contributed by atoms with Crippen molar-refractivity contribution < 1.29 is 19.4 Å². The predicted octanol–water partition coefficient (Wildman–Crippen LogP) is 0.766. The summed E-state index contributed by atoms with van der Waals surface area (Å²) in [6.45, 7) is 5.19. The van der Waals surface area contributed by atoms with Gasteiger partial charge in [-0.1, -0.05) is 0 Å². The van der Waals surface area contributed by atoms with E-state index in [1.165, 1.54) is 0 Å². The molecule has 1 N–H and O–H groups in total. The number of carboxylic acids is 1. The Morgan fingerprint density at radius 1 is 1.44 bits per heavy atom. The Bertz CT molecular complexity index is 348. The second-order valence-corrected chi connectivity index (χ2v) is 5.29. The maximum atomic E-state index is 12.1. The van der Waals surface area contributed by atoms with Crippen LogP contribution in [0.4, 0.5) is 4.79 Å². The summed E-state index contributed by atoms with van der Waals surface area (Å²) >= 11 is 0. The van der Waals surface area contributed by atoms with E-state index >= 15 is 0 Å². The van der Waals surface area contributed by atoms with Gasteiger partial charge in [-0.25, -0.2) is 9.59 Å². The third-order valence-electron chi connectivity index (χ3n) is 3.44. The van der Waals surface area contributed by atoms with E-state index in [1.54, 1.807) is 4.90 Å². The van der Waals surface area contributed by atoms with E-state index in [9.17, 15) is 9.59 Å². The van der Waals surface area contributed by atoms with Crippen LogP contribution in [0.25, 0.3) is 0 Å². The molecule has 0 atom stereocenters. The Labute approximate surface area is 106 Å². The highest BCUT2D eigenvalue weighted by molar-refractivity contribution is 5.76. The molecule has 0 bridgehead atoms. The molecule has 6 heteroatoms. The van der Waals surface area contributed by atoms with Crippen molar-refractivity contribution in [2.45, 2.75) is 38.3 Å². The van der Waals surface area contributed by atoms with Gasteiger partial charge in [0.15, 0.2) is 0 Å². The van der Waals surface area contributed by atoms with Crippen LogP contribution in [0.1, 0.15) is 26.7 Å². The van der Waals surface area contributed by atoms with Gasteiger partial charge < -0.3 is 19.6 Å². The number of aliphatic carboxylic acids is 1. The molecule has 1 saturated carbocycles. The summed E-state index contributed by atoms with van der Waals surface area (Å²) in [5.41, 5.74) is -0.503. The molecule has 2 fully saturated rings. The quantitative estimate of drug-likeness (QED) is 0.788. The summed E-state index contributed by atoms with van der Waals surface area (Å²) in [5.74, 6) is -0.978. The molecular formula is C12H20N2O4. The van der Waals surface area contributed by atoms with Crippen LogP contribution >= 0.6 is 0 Å². The van der Waals surface area contributed by atoms with Crippen LogP contribution < -0.4 is 0 Å². The van der Waals surface area contributed by atoms with Gasteiger partial charge in [0.1, 0.15) is 12.2 Å². The molecule has 0 aromatic heterocycles. The molecule has 0 spiro atoms. The third-order valence-corrected chi connectivity index (χ3v) is 3.44. The van der Waals surface area contributed by atoms with Crippen LogP contribution in [0.5, 0.6) is 0 Å². The lowest BCUT2D eigenvalue weighted by Crippen LogP contribution is -2.65. The molecule has 2 aliphatic rings. The lowest BCUT2D eigenvalue weighted by molar-refractivity contribution is -0.160. The number of hydrogen-bond donors (Lipinski definition) is 1. The minimum atomic E-state index is -0.978. The van der Waals surface area contributed by atoms with Crippen LogP contribution in [-0.4, -0.2) is 64.8 Å². The summed E-state index contributed by atoms with van der Waals surface area (Å²) in [6, 6.07) is 0.464. The normalized spacial score (nSPS) is 21.3. The number of rotatable bonds is 5. The van der Waals surface area contributed by atoms with E-state index in [1.807, 2.05) is 18.7 Å². The van der Waals surface area contributed by atoms with Gasteiger partial charge in [0.05, 0.1) is 13.1 Å². The molecule has 0 aromatic rings. The maximum absolute atomic E-state index is 12.1. The number of carboxylic acid groups (broad SMARTS) is 1. The summed E-state index contributed by atoms with van der Waals surface area (Å²) in [5, 5.41) is 8.57. The molecule has 0 unspecified atom stereocenters. The van der Waals surface area contributed by atoms with Gasteiger partial charge in [-0.15, -0.1) is 0 Å². The largest absolute Gasteiger partial charge is 0.480 e. The first-order chi connectivity index (χ1) is 8.45. The Morgan fingerprint density at radius 2 is 2.06 bits per heavy atom. The van der Waals surface area contributed by atoms with E-state index in [4.69, 9.17) is 9.84 Å². The Balaban J connectivity index is 1.80. The molecule has 1 aliphatic carbocycles. The second-order valence-electron chi connectivity index (χ2n) is 5.29. The molecular weight excluding hydrogens is 236 g/mol. The topological polar surface area (TPSA) is 70.1 Å². The predicted molar refractivity (Wildman–Crippen MR) is 64.4 cm³/mol. The van der Waals surface area contributed by atoms with Crippen LogP contribution in [-0.2, 0) is 9.53 Å². The fraction of sp³-hybridized carbons (Fsp3) is 0.833. The van der Waals surface area contributed by atoms with Crippen molar-refractivity contribution in [2.75, 3.05) is 26.2 Å². The first-order valence-electron chi connectivity index (χ1n) is 6.36. The summed E-state index contributed by atoms with van der Waals surface area (Å²) in [7, 11) is 0. The van der Waals surface area contributed by atoms with Crippen LogP contribution in [0.2, 0.25) is 0 Å². The van der Waals surface area contributed by atoms with Crippen molar-refractivity contribution in [3.63, 3.8) is 0 Å². The molecule has 1 saturated heterocycles. The molecule has 6 nitrogen and oxygen atoms in total. The standard InChI is InChI=1S/C12H20N2O4/c1-3-14(9-4-5-9)11(17)13-7-12(2,8-13)18-6-10(15)16/h9H,3-8H2,1-2H3,(H,15,16). The molecule has 0 aromatic carbocycles. The van der Waals surface area contributed by atoms with Crippen molar-refractivity contribution in [2.24, 2.45) is 0 Å². The zero-order valence-corrected chi connectivity index (χ0v) is 10.9. The van der Waals surface area contributed by atoms with Crippen molar-refractivity contribution in [3.05, 3.63) is 0 Å². The smallest absolute Gasteiger partial charge is 0.329 e. The minimum absolute atomic E-state index is 0.0522. The van der Waals surface area contributed by atoms with Gasteiger partial charge >= 0.3 is 12.0 Å². The van der Waals surface area contributed by atoms with Crippen molar-refractivity contribution in [1.82, 2.24) is 9.80 Å². The number of carbonyl (C=O) groups is 2. The molecule has 102 valence electrons. The first kappa shape index (κ1) is 13.1. The number of ether oxygens (including phenoxy) is 1. The van der Waals surface area contributed by atoms with E-state index < -0.39 is 11.6 Å². The first-order valence-corrected chi connectivity index (χ1v) is 6.36. The monoisotopic (exact) mass is 256 g/mol. The molecule has 2 rings (SSSR count). The zero-order chi connectivity index (χ0) is 13.3. The average molecular weight is 256 g/mol. The number of likely N-dealkylation sites (tertiary alicyclic amines) is 1. The van der Waals surface area contributed by atoms with Gasteiger partial charge in [0.25, 0.3) is 0 Å². The third kappa shape index (κ3) is 2.75. The Morgan fingerprint density at radius 3 is 2.50 bits per heavy atom. The number of nitrogens with zero attached hydrogens (tertiary/aromatic N) is 2.